The standard InChI is InChI=1S/C12H15ClO2/c13-11-5-2-6-12(10(11)7-14)15-8-9-3-1-4-9/h2,5-6,9,14H,1,3-4,7-8H2. The van der Waals surface area contributed by atoms with Gasteiger partial charge in [-0.05, 0) is 30.9 Å². The van der Waals surface area contributed by atoms with Crippen LogP contribution < -0.4 is 4.74 Å². The molecular formula is C12H15ClO2. The lowest BCUT2D eigenvalue weighted by molar-refractivity contribution is 0.176. The first-order valence-electron chi connectivity index (χ1n) is 5.32. The molecule has 1 aromatic carbocycles. The Morgan fingerprint density at radius 3 is 2.80 bits per heavy atom. The lowest BCUT2D eigenvalue weighted by atomic mass is 9.86. The maximum atomic E-state index is 9.17. The van der Waals surface area contributed by atoms with Crippen LogP contribution in [0.4, 0.5) is 0 Å². The van der Waals surface area contributed by atoms with Gasteiger partial charge in [-0.1, -0.05) is 24.1 Å². The average Bonchev–Trinajstić information content (AvgIpc) is 2.15. The molecule has 0 aliphatic heterocycles. The molecule has 3 heteroatoms. The van der Waals surface area contributed by atoms with Crippen LogP contribution >= 0.6 is 11.6 Å². The van der Waals surface area contributed by atoms with Gasteiger partial charge >= 0.3 is 0 Å². The summed E-state index contributed by atoms with van der Waals surface area (Å²) in [7, 11) is 0. The van der Waals surface area contributed by atoms with Crippen LogP contribution in [0.1, 0.15) is 24.8 Å². The van der Waals surface area contributed by atoms with Gasteiger partial charge in [0.1, 0.15) is 5.75 Å². The highest BCUT2D eigenvalue weighted by molar-refractivity contribution is 6.31. The molecule has 2 rings (SSSR count). The topological polar surface area (TPSA) is 29.5 Å². The zero-order chi connectivity index (χ0) is 10.7. The predicted molar refractivity (Wildman–Crippen MR) is 60.2 cm³/mol. The summed E-state index contributed by atoms with van der Waals surface area (Å²) in [6.45, 7) is 0.674. The largest absolute Gasteiger partial charge is 0.493 e. The van der Waals surface area contributed by atoms with Crippen molar-refractivity contribution in [1.29, 1.82) is 0 Å². The van der Waals surface area contributed by atoms with Crippen molar-refractivity contribution in [2.75, 3.05) is 6.61 Å². The Labute approximate surface area is 94.8 Å². The van der Waals surface area contributed by atoms with Gasteiger partial charge in [-0.15, -0.1) is 0 Å². The Balaban J connectivity index is 2.02. The van der Waals surface area contributed by atoms with E-state index in [4.69, 9.17) is 16.3 Å². The van der Waals surface area contributed by atoms with Crippen molar-refractivity contribution in [2.24, 2.45) is 5.92 Å². The van der Waals surface area contributed by atoms with Crippen LogP contribution in [0.15, 0.2) is 18.2 Å². The minimum Gasteiger partial charge on any atom is -0.493 e. The van der Waals surface area contributed by atoms with E-state index in [1.165, 1.54) is 19.3 Å². The van der Waals surface area contributed by atoms with Crippen LogP contribution in [0.3, 0.4) is 0 Å². The van der Waals surface area contributed by atoms with Gasteiger partial charge in [0.05, 0.1) is 13.2 Å². The fraction of sp³-hybridized carbons (Fsp3) is 0.500. The molecule has 0 heterocycles. The van der Waals surface area contributed by atoms with E-state index in [9.17, 15) is 5.11 Å². The van der Waals surface area contributed by atoms with Crippen LogP contribution in [0.5, 0.6) is 5.75 Å². The molecule has 0 spiro atoms. The third-order valence-corrected chi connectivity index (χ3v) is 3.29. The van der Waals surface area contributed by atoms with Crippen LogP contribution in [0.25, 0.3) is 0 Å². The van der Waals surface area contributed by atoms with Crippen LogP contribution in [-0.4, -0.2) is 11.7 Å². The molecule has 1 saturated carbocycles. The first-order chi connectivity index (χ1) is 7.31. The molecule has 0 radical (unpaired) electrons. The van der Waals surface area contributed by atoms with Gasteiger partial charge in [0.2, 0.25) is 0 Å². The Kier molecular flexibility index (Phi) is 3.49. The van der Waals surface area contributed by atoms with E-state index in [0.717, 1.165) is 12.4 Å². The van der Waals surface area contributed by atoms with Gasteiger partial charge in [0.15, 0.2) is 0 Å². The zero-order valence-electron chi connectivity index (χ0n) is 8.58. The molecule has 1 aliphatic carbocycles. The Morgan fingerprint density at radius 2 is 2.20 bits per heavy atom. The minimum absolute atomic E-state index is 0.0698. The van der Waals surface area contributed by atoms with E-state index in [0.29, 0.717) is 16.5 Å². The molecule has 82 valence electrons. The summed E-state index contributed by atoms with van der Waals surface area (Å²) in [6.07, 6.45) is 3.83. The Bertz CT molecular complexity index is 334. The highest BCUT2D eigenvalue weighted by atomic mass is 35.5. The van der Waals surface area contributed by atoms with Crippen LogP contribution in [-0.2, 0) is 6.61 Å². The zero-order valence-corrected chi connectivity index (χ0v) is 9.33. The molecule has 0 aromatic heterocycles. The van der Waals surface area contributed by atoms with Crippen molar-refractivity contribution < 1.29 is 9.84 Å². The van der Waals surface area contributed by atoms with Gasteiger partial charge in [-0.3, -0.25) is 0 Å². The Hall–Kier alpha value is -0.730. The van der Waals surface area contributed by atoms with E-state index in [-0.39, 0.29) is 6.61 Å². The van der Waals surface area contributed by atoms with Gasteiger partial charge in [-0.25, -0.2) is 0 Å². The SMILES string of the molecule is OCc1c(Cl)cccc1OCC1CCC1. The van der Waals surface area contributed by atoms with Gasteiger partial charge in [0.25, 0.3) is 0 Å². The van der Waals surface area contributed by atoms with Crippen molar-refractivity contribution in [1.82, 2.24) is 0 Å². The molecule has 0 amide bonds. The summed E-state index contributed by atoms with van der Waals surface area (Å²) in [4.78, 5) is 0. The van der Waals surface area contributed by atoms with Crippen molar-refractivity contribution in [2.45, 2.75) is 25.9 Å². The van der Waals surface area contributed by atoms with E-state index in [1.807, 2.05) is 12.1 Å². The first kappa shape index (κ1) is 10.8. The van der Waals surface area contributed by atoms with Crippen molar-refractivity contribution in [3.8, 4) is 5.75 Å². The highest BCUT2D eigenvalue weighted by Crippen LogP contribution is 2.30. The number of hydrogen-bond donors (Lipinski definition) is 1. The fourth-order valence-corrected chi connectivity index (χ4v) is 1.92. The molecular weight excluding hydrogens is 212 g/mol. The van der Waals surface area contributed by atoms with E-state index in [1.54, 1.807) is 6.07 Å². The number of aliphatic hydroxyl groups is 1. The molecule has 2 nitrogen and oxygen atoms in total. The number of benzene rings is 1. The van der Waals surface area contributed by atoms with E-state index in [2.05, 4.69) is 0 Å². The highest BCUT2D eigenvalue weighted by Gasteiger charge is 2.18. The minimum atomic E-state index is -0.0698. The van der Waals surface area contributed by atoms with Crippen LogP contribution in [0.2, 0.25) is 5.02 Å². The molecule has 1 aromatic rings. The number of rotatable bonds is 4. The first-order valence-corrected chi connectivity index (χ1v) is 5.70. The third-order valence-electron chi connectivity index (χ3n) is 2.93. The van der Waals surface area contributed by atoms with Crippen molar-refractivity contribution >= 4 is 11.6 Å². The summed E-state index contributed by atoms with van der Waals surface area (Å²) < 4.78 is 5.67. The fourth-order valence-electron chi connectivity index (χ4n) is 1.69. The summed E-state index contributed by atoms with van der Waals surface area (Å²) in [5.41, 5.74) is 0.693. The van der Waals surface area contributed by atoms with E-state index >= 15 is 0 Å². The molecule has 1 fully saturated rings. The van der Waals surface area contributed by atoms with Gasteiger partial charge in [0, 0.05) is 10.6 Å². The van der Waals surface area contributed by atoms with Crippen molar-refractivity contribution in [3.05, 3.63) is 28.8 Å². The lowest BCUT2D eigenvalue weighted by Gasteiger charge is -2.25. The molecule has 1 N–H and O–H groups in total. The monoisotopic (exact) mass is 226 g/mol. The number of hydrogen-bond acceptors (Lipinski definition) is 2. The summed E-state index contributed by atoms with van der Waals surface area (Å²) in [6, 6.07) is 5.47. The maximum Gasteiger partial charge on any atom is 0.126 e. The average molecular weight is 227 g/mol. The lowest BCUT2D eigenvalue weighted by Crippen LogP contribution is -2.19. The molecule has 0 unspecified atom stereocenters. The van der Waals surface area contributed by atoms with Gasteiger partial charge < -0.3 is 9.84 Å². The quantitative estimate of drug-likeness (QED) is 0.855. The normalized spacial score (nSPS) is 16.1. The maximum absolute atomic E-state index is 9.17. The smallest absolute Gasteiger partial charge is 0.126 e. The van der Waals surface area contributed by atoms with Crippen LogP contribution in [0, 0.1) is 5.92 Å². The second-order valence-corrected chi connectivity index (χ2v) is 4.39. The second-order valence-electron chi connectivity index (χ2n) is 3.98. The number of aliphatic hydroxyl groups excluding tert-OH is 1. The molecule has 0 saturated heterocycles. The third kappa shape index (κ3) is 2.44. The second kappa shape index (κ2) is 4.86. The summed E-state index contributed by atoms with van der Waals surface area (Å²) in [5, 5.41) is 9.74. The Morgan fingerprint density at radius 1 is 1.40 bits per heavy atom. The molecule has 0 bridgehead atoms. The summed E-state index contributed by atoms with van der Waals surface area (Å²) >= 11 is 5.95. The molecule has 15 heavy (non-hydrogen) atoms. The summed E-state index contributed by atoms with van der Waals surface area (Å²) in [5.74, 6) is 1.41. The molecule has 1 aliphatic rings. The van der Waals surface area contributed by atoms with Crippen molar-refractivity contribution in [3.63, 3.8) is 0 Å². The molecule has 0 atom stereocenters. The van der Waals surface area contributed by atoms with E-state index < -0.39 is 0 Å². The van der Waals surface area contributed by atoms with Gasteiger partial charge in [-0.2, -0.15) is 0 Å². The number of ether oxygens (including phenoxy) is 1. The number of halogens is 1. The predicted octanol–water partition coefficient (Wildman–Crippen LogP) is 3.01.